The molecule has 0 spiro atoms. The smallest absolute Gasteiger partial charge is 0.0945 e. The van der Waals surface area contributed by atoms with Crippen molar-refractivity contribution in [1.82, 2.24) is 0 Å². The number of hydrogen-bond donors (Lipinski definition) is 2. The Kier molecular flexibility index (Phi) is 4.97. The van der Waals surface area contributed by atoms with Gasteiger partial charge in [-0.1, -0.05) is 18.2 Å². The molecule has 0 heterocycles. The maximum Gasteiger partial charge on any atom is 0.0945 e. The Labute approximate surface area is 104 Å². The second kappa shape index (κ2) is 6.03. The predicted octanol–water partition coefficient (Wildman–Crippen LogP) is 2.58. The van der Waals surface area contributed by atoms with Crippen molar-refractivity contribution in [3.63, 3.8) is 0 Å². The van der Waals surface area contributed by atoms with E-state index in [2.05, 4.69) is 5.32 Å². The van der Waals surface area contributed by atoms with Crippen molar-refractivity contribution in [2.75, 3.05) is 18.5 Å². The van der Waals surface area contributed by atoms with Crippen LogP contribution in [0.1, 0.15) is 26.3 Å². The van der Waals surface area contributed by atoms with Gasteiger partial charge in [0, 0.05) is 12.2 Å². The molecule has 1 aromatic carbocycles. The highest BCUT2D eigenvalue weighted by molar-refractivity contribution is 5.50. The third-order valence-electron chi connectivity index (χ3n) is 2.38. The fourth-order valence-electron chi connectivity index (χ4n) is 1.40. The molecule has 0 fully saturated rings. The number of rotatable bonds is 5. The normalized spacial score (nSPS) is 13.5. The van der Waals surface area contributed by atoms with E-state index in [1.165, 1.54) is 5.56 Å². The quantitative estimate of drug-likeness (QED) is 0.827. The van der Waals surface area contributed by atoms with Crippen LogP contribution in [0, 0.1) is 6.92 Å². The highest BCUT2D eigenvalue weighted by atomic mass is 16.5. The lowest BCUT2D eigenvalue weighted by Gasteiger charge is -2.22. The fraction of sp³-hybridized carbons (Fsp3) is 0.571. The number of aryl methyl sites for hydroxylation is 1. The third kappa shape index (κ3) is 5.71. The molecule has 1 unspecified atom stereocenters. The van der Waals surface area contributed by atoms with Crippen molar-refractivity contribution in [3.8, 4) is 0 Å². The SMILES string of the molecule is Cc1ccccc1NCC(O)COC(C)(C)C. The summed E-state index contributed by atoms with van der Waals surface area (Å²) >= 11 is 0. The molecule has 0 saturated heterocycles. The Morgan fingerprint density at radius 1 is 1.29 bits per heavy atom. The summed E-state index contributed by atoms with van der Waals surface area (Å²) in [6.45, 7) is 8.83. The topological polar surface area (TPSA) is 41.5 Å². The van der Waals surface area contributed by atoms with E-state index < -0.39 is 6.10 Å². The Morgan fingerprint density at radius 3 is 2.53 bits per heavy atom. The van der Waals surface area contributed by atoms with Gasteiger partial charge in [0.1, 0.15) is 0 Å². The van der Waals surface area contributed by atoms with Gasteiger partial charge in [0.2, 0.25) is 0 Å². The van der Waals surface area contributed by atoms with Crippen molar-refractivity contribution < 1.29 is 9.84 Å². The number of para-hydroxylation sites is 1. The molecule has 0 bridgehead atoms. The summed E-state index contributed by atoms with van der Waals surface area (Å²) < 4.78 is 5.52. The molecule has 0 aliphatic heterocycles. The summed E-state index contributed by atoms with van der Waals surface area (Å²) in [5.74, 6) is 0. The molecule has 1 rings (SSSR count). The van der Waals surface area contributed by atoms with Crippen LogP contribution in [0.3, 0.4) is 0 Å². The average Bonchev–Trinajstić information content (AvgIpc) is 2.24. The highest BCUT2D eigenvalue weighted by Gasteiger charge is 2.13. The van der Waals surface area contributed by atoms with E-state index in [1.807, 2.05) is 52.0 Å². The van der Waals surface area contributed by atoms with Crippen LogP contribution in [0.15, 0.2) is 24.3 Å². The first-order chi connectivity index (χ1) is 7.88. The Morgan fingerprint density at radius 2 is 1.94 bits per heavy atom. The standard InChI is InChI=1S/C14H23NO2/c1-11-7-5-6-8-13(11)15-9-12(16)10-17-14(2,3)4/h5-8,12,15-16H,9-10H2,1-4H3. The number of aliphatic hydroxyl groups is 1. The molecule has 1 atom stereocenters. The summed E-state index contributed by atoms with van der Waals surface area (Å²) in [5, 5.41) is 13.0. The minimum atomic E-state index is -0.492. The van der Waals surface area contributed by atoms with E-state index in [1.54, 1.807) is 0 Å². The van der Waals surface area contributed by atoms with Gasteiger partial charge < -0.3 is 15.2 Å². The first kappa shape index (κ1) is 14.0. The molecule has 0 aliphatic rings. The highest BCUT2D eigenvalue weighted by Crippen LogP contribution is 2.13. The van der Waals surface area contributed by atoms with E-state index in [-0.39, 0.29) is 5.60 Å². The zero-order chi connectivity index (χ0) is 12.9. The Hall–Kier alpha value is -1.06. The minimum absolute atomic E-state index is 0.205. The van der Waals surface area contributed by atoms with Gasteiger partial charge in [0.15, 0.2) is 0 Å². The predicted molar refractivity (Wildman–Crippen MR) is 71.4 cm³/mol. The molecule has 1 aromatic rings. The average molecular weight is 237 g/mol. The molecule has 17 heavy (non-hydrogen) atoms. The van der Waals surface area contributed by atoms with E-state index in [0.29, 0.717) is 13.2 Å². The first-order valence-electron chi connectivity index (χ1n) is 6.00. The second-order valence-electron chi connectivity index (χ2n) is 5.27. The van der Waals surface area contributed by atoms with E-state index in [0.717, 1.165) is 5.69 Å². The molecule has 0 radical (unpaired) electrons. The van der Waals surface area contributed by atoms with Crippen molar-refractivity contribution >= 4 is 5.69 Å². The summed E-state index contributed by atoms with van der Waals surface area (Å²) in [6, 6.07) is 8.03. The molecular formula is C14H23NO2. The van der Waals surface area contributed by atoms with Crippen molar-refractivity contribution in [2.45, 2.75) is 39.4 Å². The van der Waals surface area contributed by atoms with Crippen molar-refractivity contribution in [2.24, 2.45) is 0 Å². The largest absolute Gasteiger partial charge is 0.389 e. The minimum Gasteiger partial charge on any atom is -0.389 e. The molecule has 3 nitrogen and oxygen atoms in total. The van der Waals surface area contributed by atoms with Gasteiger partial charge in [-0.15, -0.1) is 0 Å². The van der Waals surface area contributed by atoms with Gasteiger partial charge in [-0.2, -0.15) is 0 Å². The van der Waals surface area contributed by atoms with Gasteiger partial charge in [-0.25, -0.2) is 0 Å². The maximum atomic E-state index is 9.78. The van der Waals surface area contributed by atoms with Crippen molar-refractivity contribution in [1.29, 1.82) is 0 Å². The van der Waals surface area contributed by atoms with Crippen LogP contribution in [0.2, 0.25) is 0 Å². The van der Waals surface area contributed by atoms with E-state index in [4.69, 9.17) is 4.74 Å². The number of anilines is 1. The molecule has 96 valence electrons. The van der Waals surface area contributed by atoms with Gasteiger partial charge >= 0.3 is 0 Å². The number of aliphatic hydroxyl groups excluding tert-OH is 1. The van der Waals surface area contributed by atoms with E-state index in [9.17, 15) is 5.11 Å². The number of hydrogen-bond acceptors (Lipinski definition) is 3. The lowest BCUT2D eigenvalue weighted by molar-refractivity contribution is -0.0449. The van der Waals surface area contributed by atoms with Gasteiger partial charge in [-0.05, 0) is 39.3 Å². The van der Waals surface area contributed by atoms with Gasteiger partial charge in [0.25, 0.3) is 0 Å². The zero-order valence-corrected chi connectivity index (χ0v) is 11.2. The summed E-state index contributed by atoms with van der Waals surface area (Å²) in [7, 11) is 0. The molecule has 3 heteroatoms. The van der Waals surface area contributed by atoms with Crippen molar-refractivity contribution in [3.05, 3.63) is 29.8 Å². The van der Waals surface area contributed by atoms with Gasteiger partial charge in [-0.3, -0.25) is 0 Å². The lowest BCUT2D eigenvalue weighted by Crippen LogP contribution is -2.30. The second-order valence-corrected chi connectivity index (χ2v) is 5.27. The summed E-state index contributed by atoms with van der Waals surface area (Å²) in [4.78, 5) is 0. The van der Waals surface area contributed by atoms with Crippen LogP contribution in [0.5, 0.6) is 0 Å². The summed E-state index contributed by atoms with van der Waals surface area (Å²) in [6.07, 6.45) is -0.492. The molecule has 0 amide bonds. The maximum absolute atomic E-state index is 9.78. The summed E-state index contributed by atoms with van der Waals surface area (Å²) in [5.41, 5.74) is 2.03. The Bertz CT molecular complexity index is 344. The molecule has 0 aliphatic carbocycles. The molecular weight excluding hydrogens is 214 g/mol. The number of benzene rings is 1. The van der Waals surface area contributed by atoms with Crippen LogP contribution in [0.4, 0.5) is 5.69 Å². The molecule has 0 aromatic heterocycles. The number of ether oxygens (including phenoxy) is 1. The monoisotopic (exact) mass is 237 g/mol. The van der Waals surface area contributed by atoms with Crippen LogP contribution < -0.4 is 5.32 Å². The lowest BCUT2D eigenvalue weighted by atomic mass is 10.2. The first-order valence-corrected chi connectivity index (χ1v) is 6.00. The van der Waals surface area contributed by atoms with Crippen LogP contribution in [0.25, 0.3) is 0 Å². The Balaban J connectivity index is 2.34. The fourth-order valence-corrected chi connectivity index (χ4v) is 1.40. The van der Waals surface area contributed by atoms with Crippen LogP contribution in [-0.4, -0.2) is 30.0 Å². The zero-order valence-electron chi connectivity index (χ0n) is 11.2. The molecule has 2 N–H and O–H groups in total. The number of nitrogens with one attached hydrogen (secondary N) is 1. The van der Waals surface area contributed by atoms with E-state index >= 15 is 0 Å². The third-order valence-corrected chi connectivity index (χ3v) is 2.38. The van der Waals surface area contributed by atoms with Gasteiger partial charge in [0.05, 0.1) is 18.3 Å². The van der Waals surface area contributed by atoms with Crippen LogP contribution in [-0.2, 0) is 4.74 Å². The molecule has 0 saturated carbocycles. The van der Waals surface area contributed by atoms with Crippen LogP contribution >= 0.6 is 0 Å².